The number of hydrogen-bond acceptors (Lipinski definition) is 8. The molecule has 4 rings (SSSR count). The quantitative estimate of drug-likeness (QED) is 0.642. The zero-order valence-electron chi connectivity index (χ0n) is 14.2. The van der Waals surface area contributed by atoms with Gasteiger partial charge in [-0.1, -0.05) is 5.16 Å². The highest BCUT2D eigenvalue weighted by Gasteiger charge is 2.20. The Balaban J connectivity index is 1.28. The van der Waals surface area contributed by atoms with Gasteiger partial charge in [0, 0.05) is 58.4 Å². The van der Waals surface area contributed by atoms with E-state index in [1.54, 1.807) is 13.3 Å². The molecule has 1 aliphatic rings. The van der Waals surface area contributed by atoms with Gasteiger partial charge in [-0.05, 0) is 6.07 Å². The summed E-state index contributed by atoms with van der Waals surface area (Å²) in [5, 5.41) is 3.90. The van der Waals surface area contributed by atoms with E-state index in [1.807, 2.05) is 22.9 Å². The minimum absolute atomic E-state index is 0.380. The maximum Gasteiger partial charge on any atom is 0.240 e. The predicted octanol–water partition coefficient (Wildman–Crippen LogP) is 0.577. The number of ether oxygens (including phenoxy) is 1. The monoisotopic (exact) mass is 343 g/mol. The van der Waals surface area contributed by atoms with Crippen LogP contribution in [-0.2, 0) is 24.4 Å². The molecule has 4 heterocycles. The van der Waals surface area contributed by atoms with Crippen molar-refractivity contribution in [3.05, 3.63) is 42.1 Å². The van der Waals surface area contributed by atoms with E-state index in [1.165, 1.54) is 0 Å². The Bertz CT molecular complexity index is 790. The zero-order chi connectivity index (χ0) is 17.1. The van der Waals surface area contributed by atoms with Crippen molar-refractivity contribution in [2.24, 2.45) is 0 Å². The number of methoxy groups -OCH3 is 1. The highest BCUT2D eigenvalue weighted by molar-refractivity contribution is 5.29. The van der Waals surface area contributed by atoms with Crippen LogP contribution in [0.4, 0.5) is 0 Å². The van der Waals surface area contributed by atoms with Crippen molar-refractivity contribution in [2.45, 2.75) is 19.7 Å². The molecule has 9 nitrogen and oxygen atoms in total. The summed E-state index contributed by atoms with van der Waals surface area (Å²) < 4.78 is 12.2. The summed E-state index contributed by atoms with van der Waals surface area (Å²) in [7, 11) is 1.62. The molecule has 0 saturated carbocycles. The van der Waals surface area contributed by atoms with Crippen LogP contribution in [0.3, 0.4) is 0 Å². The summed E-state index contributed by atoms with van der Waals surface area (Å²) in [5.74, 6) is 1.99. The van der Waals surface area contributed by atoms with E-state index in [0.717, 1.165) is 44.2 Å². The number of nitrogens with zero attached hydrogens (tertiary/aromatic N) is 7. The van der Waals surface area contributed by atoms with Gasteiger partial charge in [-0.15, -0.1) is 0 Å². The fourth-order valence-electron chi connectivity index (χ4n) is 3.02. The lowest BCUT2D eigenvalue weighted by Gasteiger charge is -2.33. The van der Waals surface area contributed by atoms with E-state index in [0.29, 0.717) is 24.9 Å². The van der Waals surface area contributed by atoms with Crippen LogP contribution < -0.4 is 0 Å². The Morgan fingerprint density at radius 3 is 2.68 bits per heavy atom. The lowest BCUT2D eigenvalue weighted by atomic mass is 10.3. The number of hydrogen-bond donors (Lipinski definition) is 0. The van der Waals surface area contributed by atoms with Gasteiger partial charge in [0.25, 0.3) is 0 Å². The van der Waals surface area contributed by atoms with Crippen molar-refractivity contribution < 1.29 is 9.26 Å². The summed E-state index contributed by atoms with van der Waals surface area (Å²) in [4.78, 5) is 17.9. The molecule has 0 radical (unpaired) electrons. The van der Waals surface area contributed by atoms with Gasteiger partial charge >= 0.3 is 0 Å². The van der Waals surface area contributed by atoms with E-state index < -0.39 is 0 Å². The molecule has 0 aliphatic carbocycles. The van der Waals surface area contributed by atoms with Crippen LogP contribution in [0.1, 0.15) is 17.4 Å². The second kappa shape index (κ2) is 7.26. The minimum atomic E-state index is 0.380. The SMILES string of the molecule is COCc1noc(CN2CCN(Cc3cn4cccnc4n3)CC2)n1. The normalized spacial score (nSPS) is 16.7. The molecule has 1 aliphatic heterocycles. The Kier molecular flexibility index (Phi) is 4.68. The van der Waals surface area contributed by atoms with Crippen molar-refractivity contribution in [2.75, 3.05) is 33.3 Å². The second-order valence-corrected chi connectivity index (χ2v) is 6.15. The number of aromatic nitrogens is 5. The first-order valence-electron chi connectivity index (χ1n) is 8.34. The van der Waals surface area contributed by atoms with Gasteiger partial charge in [0.15, 0.2) is 5.82 Å². The molecule has 0 spiro atoms. The first-order valence-corrected chi connectivity index (χ1v) is 8.34. The van der Waals surface area contributed by atoms with Crippen LogP contribution in [0.15, 0.2) is 29.2 Å². The largest absolute Gasteiger partial charge is 0.377 e. The maximum absolute atomic E-state index is 5.26. The summed E-state index contributed by atoms with van der Waals surface area (Å²) in [6, 6.07) is 1.91. The van der Waals surface area contributed by atoms with Gasteiger partial charge in [0.05, 0.1) is 12.2 Å². The van der Waals surface area contributed by atoms with Crippen molar-refractivity contribution in [3.63, 3.8) is 0 Å². The van der Waals surface area contributed by atoms with Gasteiger partial charge < -0.3 is 9.26 Å². The van der Waals surface area contributed by atoms with Crippen LogP contribution >= 0.6 is 0 Å². The van der Waals surface area contributed by atoms with E-state index in [-0.39, 0.29) is 0 Å². The van der Waals surface area contributed by atoms with Gasteiger partial charge in [0.2, 0.25) is 11.7 Å². The first kappa shape index (κ1) is 16.1. The zero-order valence-corrected chi connectivity index (χ0v) is 14.2. The Morgan fingerprint density at radius 2 is 1.92 bits per heavy atom. The third kappa shape index (κ3) is 3.84. The van der Waals surface area contributed by atoms with Gasteiger partial charge in [-0.3, -0.25) is 14.2 Å². The molecule has 0 atom stereocenters. The van der Waals surface area contributed by atoms with Gasteiger partial charge in [-0.2, -0.15) is 4.98 Å². The van der Waals surface area contributed by atoms with E-state index in [2.05, 4.69) is 29.9 Å². The Morgan fingerprint density at radius 1 is 1.12 bits per heavy atom. The standard InChI is InChI=1S/C16H21N7O2/c1-24-12-14-19-15(25-20-14)11-22-7-5-21(6-8-22)9-13-10-23-4-2-3-17-16(23)18-13/h2-4,10H,5-9,11-12H2,1H3. The Hall–Kier alpha value is -2.36. The average Bonchev–Trinajstić information content (AvgIpc) is 3.23. The van der Waals surface area contributed by atoms with Crippen molar-refractivity contribution in [3.8, 4) is 0 Å². The summed E-state index contributed by atoms with van der Waals surface area (Å²) >= 11 is 0. The molecule has 0 unspecified atom stereocenters. The maximum atomic E-state index is 5.26. The van der Waals surface area contributed by atoms with Crippen molar-refractivity contribution in [1.29, 1.82) is 0 Å². The molecular formula is C16H21N7O2. The van der Waals surface area contributed by atoms with E-state index in [9.17, 15) is 0 Å². The average molecular weight is 343 g/mol. The smallest absolute Gasteiger partial charge is 0.240 e. The molecule has 0 amide bonds. The predicted molar refractivity (Wildman–Crippen MR) is 88.6 cm³/mol. The number of piperazine rings is 1. The molecular weight excluding hydrogens is 322 g/mol. The van der Waals surface area contributed by atoms with E-state index >= 15 is 0 Å². The number of imidazole rings is 1. The van der Waals surface area contributed by atoms with Gasteiger partial charge in [-0.25, -0.2) is 9.97 Å². The lowest BCUT2D eigenvalue weighted by Crippen LogP contribution is -2.45. The molecule has 0 aromatic carbocycles. The van der Waals surface area contributed by atoms with Crippen LogP contribution in [0.5, 0.6) is 0 Å². The fourth-order valence-corrected chi connectivity index (χ4v) is 3.02. The third-order valence-electron chi connectivity index (χ3n) is 4.28. The van der Waals surface area contributed by atoms with Gasteiger partial charge in [0.1, 0.15) is 6.61 Å². The highest BCUT2D eigenvalue weighted by Crippen LogP contribution is 2.11. The third-order valence-corrected chi connectivity index (χ3v) is 4.28. The molecule has 132 valence electrons. The molecule has 0 N–H and O–H groups in total. The molecule has 3 aromatic heterocycles. The summed E-state index contributed by atoms with van der Waals surface area (Å²) in [5.41, 5.74) is 1.05. The molecule has 1 fully saturated rings. The molecule has 25 heavy (non-hydrogen) atoms. The molecule has 1 saturated heterocycles. The lowest BCUT2D eigenvalue weighted by molar-refractivity contribution is 0.111. The second-order valence-electron chi connectivity index (χ2n) is 6.15. The summed E-state index contributed by atoms with van der Waals surface area (Å²) in [6.07, 6.45) is 5.78. The fraction of sp³-hybridized carbons (Fsp3) is 0.500. The molecule has 9 heteroatoms. The topological polar surface area (TPSA) is 84.8 Å². The minimum Gasteiger partial charge on any atom is -0.377 e. The van der Waals surface area contributed by atoms with E-state index in [4.69, 9.17) is 9.26 Å². The van der Waals surface area contributed by atoms with Crippen LogP contribution in [-0.4, -0.2) is 67.6 Å². The first-order chi connectivity index (χ1) is 12.3. The number of rotatable bonds is 6. The van der Waals surface area contributed by atoms with Crippen molar-refractivity contribution >= 4 is 5.78 Å². The van der Waals surface area contributed by atoms with Crippen LogP contribution in [0.2, 0.25) is 0 Å². The van der Waals surface area contributed by atoms with Crippen molar-refractivity contribution in [1.82, 2.24) is 34.3 Å². The van der Waals surface area contributed by atoms with Crippen LogP contribution in [0.25, 0.3) is 5.78 Å². The summed E-state index contributed by atoms with van der Waals surface area (Å²) in [6.45, 7) is 5.81. The highest BCUT2D eigenvalue weighted by atomic mass is 16.5. The number of fused-ring (bicyclic) bond motifs is 1. The molecule has 0 bridgehead atoms. The Labute approximate surface area is 145 Å². The van der Waals surface area contributed by atoms with Crippen LogP contribution in [0, 0.1) is 0 Å². The molecule has 3 aromatic rings.